The Morgan fingerprint density at radius 2 is 1.96 bits per heavy atom. The third-order valence-corrected chi connectivity index (χ3v) is 5.71. The fourth-order valence-corrected chi connectivity index (χ4v) is 4.34. The van der Waals surface area contributed by atoms with Crippen molar-refractivity contribution in [3.63, 3.8) is 0 Å². The maximum Gasteiger partial charge on any atom is 0.253 e. The minimum atomic E-state index is -2.15. The predicted octanol–water partition coefficient (Wildman–Crippen LogP) is 2.62. The van der Waals surface area contributed by atoms with Crippen molar-refractivity contribution >= 4 is 16.8 Å². The first-order valence-electron chi connectivity index (χ1n) is 11.1. The lowest BCUT2D eigenvalue weighted by Gasteiger charge is -2.46. The zero-order valence-corrected chi connectivity index (χ0v) is 15.4. The van der Waals surface area contributed by atoms with Crippen molar-refractivity contribution in [2.45, 2.75) is 31.0 Å². The number of nitrogens with one attached hydrogen (secondary N) is 1. The standard InChI is InChI=1S/C22H24N4O2/c1-25-16-10-15(11-17(25)14-28-13-16)24-22(27)19-12-26(21-8-4-5-9-23-21)20-7-3-2-6-18(19)20/h2-9,12,15-17H,10-11,13-14H2,1H3,(H,24,27)/t15-,16-,17+/i1D3. The van der Waals surface area contributed by atoms with E-state index in [-0.39, 0.29) is 24.0 Å². The first-order valence-corrected chi connectivity index (χ1v) is 9.60. The Labute approximate surface area is 168 Å². The summed E-state index contributed by atoms with van der Waals surface area (Å²) in [6, 6.07) is 12.9. The molecule has 3 aromatic rings. The average molecular weight is 379 g/mol. The second-order valence-electron chi connectivity index (χ2n) is 7.51. The number of benzene rings is 1. The number of pyridine rings is 1. The molecule has 6 nitrogen and oxygen atoms in total. The number of likely N-dealkylation sites (N-methyl/N-ethyl adjacent to an activating group) is 1. The lowest BCUT2D eigenvalue weighted by Crippen LogP contribution is -2.59. The Morgan fingerprint density at radius 3 is 2.71 bits per heavy atom. The lowest BCUT2D eigenvalue weighted by molar-refractivity contribution is -0.0670. The topological polar surface area (TPSA) is 59.4 Å². The van der Waals surface area contributed by atoms with E-state index in [9.17, 15) is 4.79 Å². The number of rotatable bonds is 3. The maximum absolute atomic E-state index is 13.3. The summed E-state index contributed by atoms with van der Waals surface area (Å²) in [5.41, 5.74) is 1.50. The van der Waals surface area contributed by atoms with E-state index in [0.717, 1.165) is 16.7 Å². The van der Waals surface area contributed by atoms with Crippen LogP contribution >= 0.6 is 0 Å². The molecule has 2 aliphatic rings. The minimum absolute atomic E-state index is 0.0954. The van der Waals surface area contributed by atoms with E-state index < -0.39 is 6.98 Å². The molecular formula is C22H24N4O2. The van der Waals surface area contributed by atoms with Gasteiger partial charge in [-0.05, 0) is 38.0 Å². The highest BCUT2D eigenvalue weighted by Gasteiger charge is 2.37. The molecule has 0 saturated carbocycles. The van der Waals surface area contributed by atoms with Gasteiger partial charge in [0.2, 0.25) is 0 Å². The normalized spacial score (nSPS) is 27.0. The van der Waals surface area contributed by atoms with E-state index in [0.29, 0.717) is 31.6 Å². The molecule has 1 N–H and O–H groups in total. The van der Waals surface area contributed by atoms with Crippen LogP contribution in [0.5, 0.6) is 0 Å². The van der Waals surface area contributed by atoms with Crippen molar-refractivity contribution < 1.29 is 13.6 Å². The number of carbonyl (C=O) groups is 1. The highest BCUT2D eigenvalue weighted by Crippen LogP contribution is 2.28. The molecule has 1 amide bonds. The molecule has 0 aliphatic carbocycles. The molecule has 144 valence electrons. The number of nitrogens with zero attached hydrogens (tertiary/aromatic N) is 3. The van der Waals surface area contributed by atoms with Crippen LogP contribution in [0, 0.1) is 0 Å². The van der Waals surface area contributed by atoms with Crippen LogP contribution in [0.15, 0.2) is 54.9 Å². The summed E-state index contributed by atoms with van der Waals surface area (Å²) in [6.45, 7) is -1.40. The first kappa shape index (κ1) is 14.3. The van der Waals surface area contributed by atoms with E-state index >= 15 is 0 Å². The molecule has 2 bridgehead atoms. The molecule has 0 radical (unpaired) electrons. The van der Waals surface area contributed by atoms with Crippen molar-refractivity contribution in [1.82, 2.24) is 19.8 Å². The monoisotopic (exact) mass is 379 g/mol. The number of fused-ring (bicyclic) bond motifs is 3. The van der Waals surface area contributed by atoms with Gasteiger partial charge in [-0.2, -0.15) is 0 Å². The van der Waals surface area contributed by atoms with E-state index in [2.05, 4.69) is 10.3 Å². The summed E-state index contributed by atoms with van der Waals surface area (Å²) >= 11 is 0. The highest BCUT2D eigenvalue weighted by molar-refractivity contribution is 6.07. The van der Waals surface area contributed by atoms with Gasteiger partial charge in [-0.25, -0.2) is 4.98 Å². The molecule has 0 spiro atoms. The Bertz CT molecular complexity index is 1090. The number of hydrogen-bond donors (Lipinski definition) is 1. The Hall–Kier alpha value is -2.70. The van der Waals surface area contributed by atoms with E-state index in [1.165, 1.54) is 0 Å². The number of piperidine rings is 1. The molecule has 2 aromatic heterocycles. The van der Waals surface area contributed by atoms with E-state index in [4.69, 9.17) is 8.85 Å². The summed E-state index contributed by atoms with van der Waals surface area (Å²) in [6.07, 6.45) is 4.66. The van der Waals surface area contributed by atoms with Crippen LogP contribution in [0.2, 0.25) is 0 Å². The van der Waals surface area contributed by atoms with Crippen LogP contribution in [0.4, 0.5) is 0 Å². The predicted molar refractivity (Wildman–Crippen MR) is 108 cm³/mol. The van der Waals surface area contributed by atoms with Crippen LogP contribution in [-0.2, 0) is 4.74 Å². The van der Waals surface area contributed by atoms with Gasteiger partial charge in [0.05, 0.1) is 24.3 Å². The van der Waals surface area contributed by atoms with Crippen LogP contribution in [0.3, 0.4) is 0 Å². The number of hydrogen-bond acceptors (Lipinski definition) is 4. The van der Waals surface area contributed by atoms with Gasteiger partial charge in [0.1, 0.15) is 5.82 Å². The van der Waals surface area contributed by atoms with Gasteiger partial charge in [-0.1, -0.05) is 24.3 Å². The smallest absolute Gasteiger partial charge is 0.253 e. The lowest BCUT2D eigenvalue weighted by atomic mass is 9.90. The van der Waals surface area contributed by atoms with Crippen LogP contribution < -0.4 is 5.32 Å². The van der Waals surface area contributed by atoms with Crippen LogP contribution in [-0.4, -0.2) is 58.7 Å². The van der Waals surface area contributed by atoms with Crippen molar-refractivity contribution in [2.24, 2.45) is 0 Å². The zero-order chi connectivity index (χ0) is 21.6. The largest absolute Gasteiger partial charge is 0.378 e. The molecule has 3 atom stereocenters. The molecule has 5 rings (SSSR count). The molecule has 4 heterocycles. The number of ether oxygens (including phenoxy) is 1. The van der Waals surface area contributed by atoms with Gasteiger partial charge in [-0.15, -0.1) is 0 Å². The average Bonchev–Trinajstić information content (AvgIpc) is 3.13. The van der Waals surface area contributed by atoms with E-state index in [1.54, 1.807) is 11.1 Å². The Morgan fingerprint density at radius 1 is 1.18 bits per heavy atom. The Balaban J connectivity index is 1.41. The van der Waals surface area contributed by atoms with Crippen molar-refractivity contribution in [1.29, 1.82) is 0 Å². The van der Waals surface area contributed by atoms with Crippen molar-refractivity contribution in [3.8, 4) is 5.82 Å². The fraction of sp³-hybridized carbons (Fsp3) is 0.364. The number of morpholine rings is 1. The van der Waals surface area contributed by atoms with Crippen molar-refractivity contribution in [2.75, 3.05) is 20.2 Å². The SMILES string of the molecule is [2H]C([2H])([2H])N1[C@@H]2COC[C@H]1C[C@@H](NC(=O)c1cn(-c3ccccn3)c3ccccc13)C2. The molecular weight excluding hydrogens is 352 g/mol. The van der Waals surface area contributed by atoms with Gasteiger partial charge in [-0.3, -0.25) is 9.69 Å². The quantitative estimate of drug-likeness (QED) is 0.760. The molecule has 1 aromatic carbocycles. The second-order valence-corrected chi connectivity index (χ2v) is 7.51. The fourth-order valence-electron chi connectivity index (χ4n) is 4.34. The number of para-hydroxylation sites is 1. The number of amides is 1. The van der Waals surface area contributed by atoms with Crippen LogP contribution in [0.1, 0.15) is 27.3 Å². The van der Waals surface area contributed by atoms with Gasteiger partial charge in [0, 0.05) is 40.0 Å². The maximum atomic E-state index is 13.3. The van der Waals surface area contributed by atoms with Gasteiger partial charge in [0.25, 0.3) is 5.91 Å². The summed E-state index contributed by atoms with van der Waals surface area (Å²) in [5.74, 6) is 0.590. The third kappa shape index (κ3) is 2.99. The van der Waals surface area contributed by atoms with Gasteiger partial charge < -0.3 is 14.6 Å². The molecule has 2 saturated heterocycles. The Kier molecular flexibility index (Phi) is 3.60. The highest BCUT2D eigenvalue weighted by atomic mass is 16.5. The van der Waals surface area contributed by atoms with E-state index in [1.807, 2.05) is 53.2 Å². The van der Waals surface area contributed by atoms with Gasteiger partial charge in [0.15, 0.2) is 0 Å². The summed E-state index contributed by atoms with van der Waals surface area (Å²) in [7, 11) is 0. The number of aromatic nitrogens is 2. The number of carbonyl (C=O) groups excluding carboxylic acids is 1. The zero-order valence-electron chi connectivity index (χ0n) is 18.4. The first-order chi connectivity index (χ1) is 14.9. The van der Waals surface area contributed by atoms with Gasteiger partial charge >= 0.3 is 0 Å². The van der Waals surface area contributed by atoms with Crippen LogP contribution in [0.25, 0.3) is 16.7 Å². The second kappa shape index (κ2) is 7.04. The van der Waals surface area contributed by atoms with Crippen molar-refractivity contribution in [3.05, 3.63) is 60.4 Å². The minimum Gasteiger partial charge on any atom is -0.378 e. The molecule has 6 heteroatoms. The molecule has 28 heavy (non-hydrogen) atoms. The molecule has 2 aliphatic heterocycles. The summed E-state index contributed by atoms with van der Waals surface area (Å²) in [5, 5.41) is 4.01. The molecule has 2 fully saturated rings. The summed E-state index contributed by atoms with van der Waals surface area (Å²) < 4.78 is 31.1. The summed E-state index contributed by atoms with van der Waals surface area (Å²) in [4.78, 5) is 19.3. The molecule has 0 unspecified atom stereocenters. The third-order valence-electron chi connectivity index (χ3n) is 5.71.